The van der Waals surface area contributed by atoms with Gasteiger partial charge in [0.25, 0.3) is 0 Å². The zero-order valence-electron chi connectivity index (χ0n) is 15.7. The second-order valence-corrected chi connectivity index (χ2v) is 6.53. The molecule has 0 bridgehead atoms. The van der Waals surface area contributed by atoms with Gasteiger partial charge in [-0.25, -0.2) is 9.97 Å². The quantitative estimate of drug-likeness (QED) is 0.894. The van der Waals surface area contributed by atoms with Gasteiger partial charge in [0.05, 0.1) is 36.2 Å². The predicted molar refractivity (Wildman–Crippen MR) is 103 cm³/mol. The number of morpholine rings is 1. The third kappa shape index (κ3) is 4.02. The molecule has 1 fully saturated rings. The molecule has 1 saturated heterocycles. The number of carbonyl (C=O) groups excluding carboxylic acids is 1. The zero-order valence-corrected chi connectivity index (χ0v) is 15.7. The predicted octanol–water partition coefficient (Wildman–Crippen LogP) is 3.06. The first-order chi connectivity index (χ1) is 12.6. The first-order valence-electron chi connectivity index (χ1n) is 9.14. The molecule has 1 N–H and O–H groups in total. The molecule has 3 rings (SSSR count). The summed E-state index contributed by atoms with van der Waals surface area (Å²) in [7, 11) is 0. The Morgan fingerprint density at radius 3 is 2.35 bits per heavy atom. The van der Waals surface area contributed by atoms with Gasteiger partial charge >= 0.3 is 0 Å². The first-order valence-corrected chi connectivity index (χ1v) is 9.14. The zero-order chi connectivity index (χ0) is 18.5. The fourth-order valence-corrected chi connectivity index (χ4v) is 3.25. The molecule has 0 saturated carbocycles. The van der Waals surface area contributed by atoms with Crippen molar-refractivity contribution in [3.05, 3.63) is 47.3 Å². The summed E-state index contributed by atoms with van der Waals surface area (Å²) in [5.74, 6) is 0.498. The number of nitrogens with one attached hydrogen (secondary N) is 1. The normalized spacial score (nSPS) is 15.6. The number of amides is 1. The molecule has 1 amide bonds. The highest BCUT2D eigenvalue weighted by atomic mass is 16.5. The van der Waals surface area contributed by atoms with Crippen molar-refractivity contribution < 1.29 is 9.53 Å². The molecule has 1 aliphatic heterocycles. The highest BCUT2D eigenvalue weighted by Crippen LogP contribution is 2.25. The summed E-state index contributed by atoms with van der Waals surface area (Å²) in [4.78, 5) is 24.2. The van der Waals surface area contributed by atoms with E-state index >= 15 is 0 Å². The van der Waals surface area contributed by atoms with Gasteiger partial charge in [0.15, 0.2) is 0 Å². The van der Waals surface area contributed by atoms with Crippen LogP contribution >= 0.6 is 0 Å². The summed E-state index contributed by atoms with van der Waals surface area (Å²) in [6.45, 7) is 8.81. The van der Waals surface area contributed by atoms with Crippen molar-refractivity contribution in [1.82, 2.24) is 9.97 Å². The van der Waals surface area contributed by atoms with Crippen molar-refractivity contribution in [3.63, 3.8) is 0 Å². The molecule has 26 heavy (non-hydrogen) atoms. The molecule has 2 heterocycles. The number of carbonyl (C=O) groups is 1. The molecule has 6 heteroatoms. The van der Waals surface area contributed by atoms with Crippen molar-refractivity contribution in [2.75, 3.05) is 36.5 Å². The molecule has 0 radical (unpaired) electrons. The number of hydrogen-bond donors (Lipinski definition) is 1. The standard InChI is InChI=1S/C20H26N4O2/c1-4-17(16-8-6-5-7-9-16)19(25)23-18-14(2)21-20(22-15(18)3)24-10-12-26-13-11-24/h5-9,17H,4,10-13H2,1-3H3,(H,23,25)/t17-/m1/s1. The maximum atomic E-state index is 12.8. The number of hydrogen-bond acceptors (Lipinski definition) is 5. The third-order valence-corrected chi connectivity index (χ3v) is 4.73. The van der Waals surface area contributed by atoms with Gasteiger partial charge in [-0.1, -0.05) is 37.3 Å². The Balaban J connectivity index is 1.79. The Labute approximate surface area is 154 Å². The summed E-state index contributed by atoms with van der Waals surface area (Å²) in [5, 5.41) is 3.05. The van der Waals surface area contributed by atoms with Crippen LogP contribution in [0.3, 0.4) is 0 Å². The van der Waals surface area contributed by atoms with E-state index < -0.39 is 0 Å². The van der Waals surface area contributed by atoms with Crippen LogP contribution in [0.5, 0.6) is 0 Å². The minimum absolute atomic E-state index is 0.0207. The van der Waals surface area contributed by atoms with E-state index in [1.165, 1.54) is 0 Å². The van der Waals surface area contributed by atoms with Crippen molar-refractivity contribution in [3.8, 4) is 0 Å². The van der Waals surface area contributed by atoms with E-state index in [-0.39, 0.29) is 11.8 Å². The highest BCUT2D eigenvalue weighted by Gasteiger charge is 2.22. The lowest BCUT2D eigenvalue weighted by molar-refractivity contribution is -0.117. The Morgan fingerprint density at radius 2 is 1.77 bits per heavy atom. The summed E-state index contributed by atoms with van der Waals surface area (Å²) in [6.07, 6.45) is 0.737. The van der Waals surface area contributed by atoms with Gasteiger partial charge in [-0.15, -0.1) is 0 Å². The molecule has 1 aromatic carbocycles. The molecule has 6 nitrogen and oxygen atoms in total. The van der Waals surface area contributed by atoms with E-state index in [2.05, 4.69) is 20.2 Å². The average molecular weight is 354 g/mol. The van der Waals surface area contributed by atoms with Gasteiger partial charge < -0.3 is 15.0 Å². The monoisotopic (exact) mass is 354 g/mol. The minimum atomic E-state index is -0.186. The largest absolute Gasteiger partial charge is 0.378 e. The average Bonchev–Trinajstić information content (AvgIpc) is 2.66. The van der Waals surface area contributed by atoms with Crippen LogP contribution in [0.15, 0.2) is 30.3 Å². The Morgan fingerprint density at radius 1 is 1.15 bits per heavy atom. The maximum absolute atomic E-state index is 12.8. The van der Waals surface area contributed by atoms with Crippen LogP contribution in [0.4, 0.5) is 11.6 Å². The second-order valence-electron chi connectivity index (χ2n) is 6.53. The van der Waals surface area contributed by atoms with E-state index in [0.717, 1.165) is 36.5 Å². The first kappa shape index (κ1) is 18.3. The molecule has 1 atom stereocenters. The third-order valence-electron chi connectivity index (χ3n) is 4.73. The van der Waals surface area contributed by atoms with Gasteiger partial charge in [-0.05, 0) is 25.8 Å². The Hall–Kier alpha value is -2.47. The van der Waals surface area contributed by atoms with Crippen LogP contribution in [0.1, 0.15) is 36.2 Å². The second kappa shape index (κ2) is 8.27. The van der Waals surface area contributed by atoms with Crippen molar-refractivity contribution in [1.29, 1.82) is 0 Å². The maximum Gasteiger partial charge on any atom is 0.232 e. The molecular formula is C20H26N4O2. The lowest BCUT2D eigenvalue weighted by Gasteiger charge is -2.27. The Bertz CT molecular complexity index is 735. The molecule has 138 valence electrons. The summed E-state index contributed by atoms with van der Waals surface area (Å²) >= 11 is 0. The lowest BCUT2D eigenvalue weighted by Crippen LogP contribution is -2.37. The topological polar surface area (TPSA) is 67.4 Å². The van der Waals surface area contributed by atoms with Crippen molar-refractivity contribution in [2.45, 2.75) is 33.1 Å². The summed E-state index contributed by atoms with van der Waals surface area (Å²) < 4.78 is 5.38. The number of nitrogens with zero attached hydrogens (tertiary/aromatic N) is 3. The van der Waals surface area contributed by atoms with Gasteiger partial charge in [0.2, 0.25) is 11.9 Å². The highest BCUT2D eigenvalue weighted by molar-refractivity contribution is 5.96. The van der Waals surface area contributed by atoms with E-state index in [4.69, 9.17) is 4.74 Å². The number of anilines is 2. The number of aromatic nitrogens is 2. The van der Waals surface area contributed by atoms with Crippen LogP contribution in [-0.2, 0) is 9.53 Å². The summed E-state index contributed by atoms with van der Waals surface area (Å²) in [5.41, 5.74) is 3.31. The molecular weight excluding hydrogens is 328 g/mol. The van der Waals surface area contributed by atoms with Gasteiger partial charge in [-0.2, -0.15) is 0 Å². The number of ether oxygens (including phenoxy) is 1. The Kier molecular flexibility index (Phi) is 5.83. The fraction of sp³-hybridized carbons (Fsp3) is 0.450. The summed E-state index contributed by atoms with van der Waals surface area (Å²) in [6, 6.07) is 9.86. The molecule has 1 aromatic heterocycles. The SMILES string of the molecule is CC[C@@H](C(=O)Nc1c(C)nc(N2CCOCC2)nc1C)c1ccccc1. The number of aryl methyl sites for hydroxylation is 2. The fourth-order valence-electron chi connectivity index (χ4n) is 3.25. The van der Waals surface area contributed by atoms with E-state index in [1.54, 1.807) is 0 Å². The molecule has 0 spiro atoms. The molecule has 1 aliphatic rings. The van der Waals surface area contributed by atoms with Crippen LogP contribution in [-0.4, -0.2) is 42.2 Å². The smallest absolute Gasteiger partial charge is 0.232 e. The van der Waals surface area contributed by atoms with E-state index in [9.17, 15) is 4.79 Å². The van der Waals surface area contributed by atoms with Crippen LogP contribution < -0.4 is 10.2 Å². The van der Waals surface area contributed by atoms with E-state index in [0.29, 0.717) is 24.8 Å². The van der Waals surface area contributed by atoms with Gasteiger partial charge in [0.1, 0.15) is 0 Å². The van der Waals surface area contributed by atoms with Crippen LogP contribution in [0.2, 0.25) is 0 Å². The van der Waals surface area contributed by atoms with Crippen molar-refractivity contribution >= 4 is 17.5 Å². The molecule has 2 aromatic rings. The molecule has 0 aliphatic carbocycles. The minimum Gasteiger partial charge on any atom is -0.378 e. The number of benzene rings is 1. The number of rotatable bonds is 5. The van der Waals surface area contributed by atoms with Gasteiger partial charge in [0, 0.05) is 13.1 Å². The van der Waals surface area contributed by atoms with Crippen LogP contribution in [0, 0.1) is 13.8 Å². The van der Waals surface area contributed by atoms with E-state index in [1.807, 2.05) is 51.1 Å². The van der Waals surface area contributed by atoms with Crippen LogP contribution in [0.25, 0.3) is 0 Å². The lowest BCUT2D eigenvalue weighted by atomic mass is 9.95. The van der Waals surface area contributed by atoms with Crippen molar-refractivity contribution in [2.24, 2.45) is 0 Å². The van der Waals surface area contributed by atoms with Gasteiger partial charge in [-0.3, -0.25) is 4.79 Å². The molecule has 0 unspecified atom stereocenters.